The summed E-state index contributed by atoms with van der Waals surface area (Å²) in [5, 5.41) is 10.1. The first-order valence-corrected chi connectivity index (χ1v) is 8.33. The van der Waals surface area contributed by atoms with Crippen LogP contribution in [0.2, 0.25) is 0 Å². The zero-order chi connectivity index (χ0) is 14.7. The summed E-state index contributed by atoms with van der Waals surface area (Å²) in [7, 11) is 0. The van der Waals surface area contributed by atoms with E-state index in [4.69, 9.17) is 0 Å². The van der Waals surface area contributed by atoms with E-state index in [9.17, 15) is 9.90 Å². The smallest absolute Gasteiger partial charge is 0.226 e. The summed E-state index contributed by atoms with van der Waals surface area (Å²) in [4.78, 5) is 14.4. The van der Waals surface area contributed by atoms with E-state index in [-0.39, 0.29) is 5.91 Å². The largest absolute Gasteiger partial charge is 0.388 e. The van der Waals surface area contributed by atoms with Gasteiger partial charge in [-0.25, -0.2) is 0 Å². The van der Waals surface area contributed by atoms with E-state index in [1.54, 1.807) is 0 Å². The average Bonchev–Trinajstić information content (AvgIpc) is 2.54. The van der Waals surface area contributed by atoms with Crippen molar-refractivity contribution in [3.63, 3.8) is 0 Å². The molecule has 3 heteroatoms. The molecule has 1 atom stereocenters. The predicted molar refractivity (Wildman–Crippen MR) is 84.2 cm³/mol. The highest BCUT2D eigenvalue weighted by Gasteiger charge is 2.27. The molecule has 2 aliphatic rings. The molecule has 21 heavy (non-hydrogen) atoms. The summed E-state index contributed by atoms with van der Waals surface area (Å²) < 4.78 is 0. The third-order valence-electron chi connectivity index (χ3n) is 5.00. The fourth-order valence-electron chi connectivity index (χ4n) is 3.74. The third kappa shape index (κ3) is 3.29. The molecule has 1 saturated carbocycles. The zero-order valence-corrected chi connectivity index (χ0v) is 12.6. The van der Waals surface area contributed by atoms with E-state index in [1.807, 2.05) is 29.2 Å². The van der Waals surface area contributed by atoms with Gasteiger partial charge >= 0.3 is 0 Å². The van der Waals surface area contributed by atoms with Crippen molar-refractivity contribution in [1.29, 1.82) is 0 Å². The van der Waals surface area contributed by atoms with Crippen LogP contribution in [0.1, 0.15) is 63.0 Å². The van der Waals surface area contributed by atoms with Crippen molar-refractivity contribution in [2.45, 2.75) is 57.5 Å². The molecular weight excluding hydrogens is 262 g/mol. The predicted octanol–water partition coefficient (Wildman–Crippen LogP) is 3.82. The molecule has 1 amide bonds. The lowest BCUT2D eigenvalue weighted by Crippen LogP contribution is -2.36. The Kier molecular flexibility index (Phi) is 4.59. The molecule has 0 spiro atoms. The van der Waals surface area contributed by atoms with Crippen LogP contribution in [0.3, 0.4) is 0 Å². The first kappa shape index (κ1) is 14.6. The SMILES string of the molecule is O=C(CCC1CCCCC1)N1CCC(O)c2ccccc21. The first-order valence-electron chi connectivity index (χ1n) is 8.33. The van der Waals surface area contributed by atoms with Gasteiger partial charge in [-0.05, 0) is 24.8 Å². The number of amides is 1. The molecular formula is C18H25NO2. The molecule has 1 aliphatic heterocycles. The van der Waals surface area contributed by atoms with Gasteiger partial charge in [0.25, 0.3) is 0 Å². The van der Waals surface area contributed by atoms with Crippen LogP contribution in [-0.2, 0) is 4.79 Å². The fourth-order valence-corrected chi connectivity index (χ4v) is 3.74. The molecule has 0 aromatic heterocycles. The molecule has 3 nitrogen and oxygen atoms in total. The zero-order valence-electron chi connectivity index (χ0n) is 12.6. The van der Waals surface area contributed by atoms with Crippen LogP contribution < -0.4 is 4.90 Å². The average molecular weight is 287 g/mol. The molecule has 0 radical (unpaired) electrons. The first-order chi connectivity index (χ1) is 10.3. The van der Waals surface area contributed by atoms with Gasteiger partial charge in [0.05, 0.1) is 6.10 Å². The van der Waals surface area contributed by atoms with Gasteiger partial charge < -0.3 is 10.0 Å². The highest BCUT2D eigenvalue weighted by molar-refractivity contribution is 5.94. The number of carbonyl (C=O) groups is 1. The lowest BCUT2D eigenvalue weighted by Gasteiger charge is -2.32. The van der Waals surface area contributed by atoms with Gasteiger partial charge in [-0.2, -0.15) is 0 Å². The van der Waals surface area contributed by atoms with Gasteiger partial charge in [-0.1, -0.05) is 50.3 Å². The van der Waals surface area contributed by atoms with Crippen molar-refractivity contribution in [2.75, 3.05) is 11.4 Å². The highest BCUT2D eigenvalue weighted by atomic mass is 16.3. The number of benzene rings is 1. The van der Waals surface area contributed by atoms with Gasteiger partial charge in [-0.3, -0.25) is 4.79 Å². The molecule has 0 bridgehead atoms. The summed E-state index contributed by atoms with van der Waals surface area (Å²) in [5.74, 6) is 0.966. The summed E-state index contributed by atoms with van der Waals surface area (Å²) >= 11 is 0. The van der Waals surface area contributed by atoms with Crippen LogP contribution in [0.4, 0.5) is 5.69 Å². The second kappa shape index (κ2) is 6.61. The minimum absolute atomic E-state index is 0.222. The molecule has 0 saturated heterocycles. The third-order valence-corrected chi connectivity index (χ3v) is 5.00. The number of hydrogen-bond acceptors (Lipinski definition) is 2. The van der Waals surface area contributed by atoms with Crippen LogP contribution >= 0.6 is 0 Å². The van der Waals surface area contributed by atoms with Crippen molar-refractivity contribution in [2.24, 2.45) is 5.92 Å². The van der Waals surface area contributed by atoms with E-state index >= 15 is 0 Å². The minimum atomic E-state index is -0.427. The minimum Gasteiger partial charge on any atom is -0.388 e. The van der Waals surface area contributed by atoms with E-state index in [1.165, 1.54) is 32.1 Å². The van der Waals surface area contributed by atoms with Crippen molar-refractivity contribution in [1.82, 2.24) is 0 Å². The van der Waals surface area contributed by atoms with Crippen molar-refractivity contribution >= 4 is 11.6 Å². The summed E-state index contributed by atoms with van der Waals surface area (Å²) in [6, 6.07) is 7.76. The van der Waals surface area contributed by atoms with Crippen LogP contribution in [0.15, 0.2) is 24.3 Å². The Morgan fingerprint density at radius 3 is 2.71 bits per heavy atom. The molecule has 1 unspecified atom stereocenters. The number of nitrogens with zero attached hydrogens (tertiary/aromatic N) is 1. The van der Waals surface area contributed by atoms with Crippen molar-refractivity contribution in [3.05, 3.63) is 29.8 Å². The van der Waals surface area contributed by atoms with Crippen LogP contribution in [0, 0.1) is 5.92 Å². The normalized spacial score (nSPS) is 22.9. The molecule has 1 aliphatic carbocycles. The van der Waals surface area contributed by atoms with E-state index in [2.05, 4.69) is 0 Å². The number of aliphatic hydroxyl groups is 1. The van der Waals surface area contributed by atoms with Crippen LogP contribution in [0.5, 0.6) is 0 Å². The maximum Gasteiger partial charge on any atom is 0.226 e. The lowest BCUT2D eigenvalue weighted by molar-refractivity contribution is -0.119. The van der Waals surface area contributed by atoms with Gasteiger partial charge in [0.2, 0.25) is 5.91 Å². The second-order valence-electron chi connectivity index (χ2n) is 6.45. The molecule has 114 valence electrons. The Hall–Kier alpha value is -1.35. The number of carbonyl (C=O) groups excluding carboxylic acids is 1. The Labute approximate surface area is 127 Å². The standard InChI is InChI=1S/C18H25NO2/c20-17-12-13-19(16-9-5-4-8-15(16)17)18(21)11-10-14-6-2-1-3-7-14/h4-5,8-9,14,17,20H,1-3,6-7,10-13H2. The number of rotatable bonds is 3. The van der Waals surface area contributed by atoms with Crippen LogP contribution in [0.25, 0.3) is 0 Å². The summed E-state index contributed by atoms with van der Waals surface area (Å²) in [6.45, 7) is 0.641. The Morgan fingerprint density at radius 2 is 1.90 bits per heavy atom. The Balaban J connectivity index is 1.63. The van der Waals surface area contributed by atoms with E-state index in [0.29, 0.717) is 19.4 Å². The maximum absolute atomic E-state index is 12.6. The Bertz CT molecular complexity index is 494. The van der Waals surface area contributed by atoms with Gasteiger partial charge in [0.1, 0.15) is 0 Å². The number of fused-ring (bicyclic) bond motifs is 1. The summed E-state index contributed by atoms with van der Waals surface area (Å²) in [6.07, 6.45) is 8.51. The topological polar surface area (TPSA) is 40.5 Å². The van der Waals surface area contributed by atoms with Gasteiger partial charge in [0.15, 0.2) is 0 Å². The Morgan fingerprint density at radius 1 is 1.14 bits per heavy atom. The molecule has 1 heterocycles. The van der Waals surface area contributed by atoms with Crippen LogP contribution in [-0.4, -0.2) is 17.6 Å². The van der Waals surface area contributed by atoms with E-state index < -0.39 is 6.10 Å². The number of anilines is 1. The molecule has 1 N–H and O–H groups in total. The second-order valence-corrected chi connectivity index (χ2v) is 6.45. The number of aliphatic hydroxyl groups excluding tert-OH is 1. The molecule has 1 fully saturated rings. The lowest BCUT2D eigenvalue weighted by atomic mass is 9.86. The maximum atomic E-state index is 12.6. The molecule has 3 rings (SSSR count). The molecule has 1 aromatic rings. The number of para-hydroxylation sites is 1. The van der Waals surface area contributed by atoms with E-state index in [0.717, 1.165) is 23.6 Å². The monoisotopic (exact) mass is 287 g/mol. The fraction of sp³-hybridized carbons (Fsp3) is 0.611. The highest BCUT2D eigenvalue weighted by Crippen LogP contribution is 2.34. The summed E-state index contributed by atoms with van der Waals surface area (Å²) in [5.41, 5.74) is 1.81. The van der Waals surface area contributed by atoms with Crippen molar-refractivity contribution in [3.8, 4) is 0 Å². The van der Waals surface area contributed by atoms with Crippen molar-refractivity contribution < 1.29 is 9.90 Å². The number of hydrogen-bond donors (Lipinski definition) is 1. The van der Waals surface area contributed by atoms with Gasteiger partial charge in [-0.15, -0.1) is 0 Å². The quantitative estimate of drug-likeness (QED) is 0.918. The van der Waals surface area contributed by atoms with Gasteiger partial charge in [0, 0.05) is 24.2 Å². The molecule has 1 aromatic carbocycles.